The van der Waals surface area contributed by atoms with E-state index in [1.807, 2.05) is 0 Å². The fourth-order valence-corrected chi connectivity index (χ4v) is 4.60. The van der Waals surface area contributed by atoms with Gasteiger partial charge in [-0.3, -0.25) is 4.57 Å². The molecule has 1 atom stereocenters. The molecule has 0 radical (unpaired) electrons. The second kappa shape index (κ2) is 8.19. The van der Waals surface area contributed by atoms with Gasteiger partial charge in [-0.2, -0.15) is 0 Å². The Morgan fingerprint density at radius 1 is 1.24 bits per heavy atom. The first kappa shape index (κ1) is 21.4. The third-order valence-electron chi connectivity index (χ3n) is 4.37. The van der Waals surface area contributed by atoms with Gasteiger partial charge in [-0.25, -0.2) is 17.6 Å². The Labute approximate surface area is 175 Å². The SMILES string of the molecule is CCOc1cc([C@@H](CS(C)(=O)=O)n2c(=O)[nH]c3cc(Br)cc(F)c32)ccc1OC. The molecule has 0 saturated carbocycles. The number of benzene rings is 2. The molecule has 0 amide bonds. The van der Waals surface area contributed by atoms with Gasteiger partial charge in [-0.1, -0.05) is 22.0 Å². The smallest absolute Gasteiger partial charge is 0.327 e. The number of halogens is 2. The number of hydrogen-bond acceptors (Lipinski definition) is 5. The van der Waals surface area contributed by atoms with E-state index in [2.05, 4.69) is 20.9 Å². The van der Waals surface area contributed by atoms with Crippen molar-refractivity contribution in [1.29, 1.82) is 0 Å². The zero-order valence-corrected chi connectivity index (χ0v) is 18.4. The molecule has 1 N–H and O–H groups in total. The van der Waals surface area contributed by atoms with Gasteiger partial charge in [-0.05, 0) is 36.8 Å². The summed E-state index contributed by atoms with van der Waals surface area (Å²) in [4.78, 5) is 15.3. The van der Waals surface area contributed by atoms with Crippen LogP contribution in [-0.2, 0) is 9.84 Å². The van der Waals surface area contributed by atoms with E-state index in [9.17, 15) is 17.6 Å². The van der Waals surface area contributed by atoms with Crippen molar-refractivity contribution in [3.63, 3.8) is 0 Å². The van der Waals surface area contributed by atoms with Crippen LogP contribution in [0.25, 0.3) is 11.0 Å². The van der Waals surface area contributed by atoms with Crippen LogP contribution >= 0.6 is 15.9 Å². The van der Waals surface area contributed by atoms with E-state index in [0.29, 0.717) is 28.1 Å². The summed E-state index contributed by atoms with van der Waals surface area (Å²) in [7, 11) is -2.03. The highest BCUT2D eigenvalue weighted by atomic mass is 79.9. The lowest BCUT2D eigenvalue weighted by molar-refractivity contribution is 0.310. The summed E-state index contributed by atoms with van der Waals surface area (Å²) in [5, 5.41) is 0. The van der Waals surface area contributed by atoms with Gasteiger partial charge in [0.1, 0.15) is 21.2 Å². The minimum absolute atomic E-state index is 0.000581. The van der Waals surface area contributed by atoms with Crippen molar-refractivity contribution in [2.75, 3.05) is 25.7 Å². The molecule has 1 heterocycles. The normalized spacial score (nSPS) is 12.9. The molecule has 0 aliphatic carbocycles. The molecule has 0 aliphatic heterocycles. The number of sulfone groups is 1. The minimum Gasteiger partial charge on any atom is -0.493 e. The Hall–Kier alpha value is -2.33. The molecule has 10 heteroatoms. The molecule has 0 bridgehead atoms. The minimum atomic E-state index is -3.52. The van der Waals surface area contributed by atoms with Crippen molar-refractivity contribution in [2.24, 2.45) is 0 Å². The van der Waals surface area contributed by atoms with Gasteiger partial charge in [0.15, 0.2) is 11.5 Å². The van der Waals surface area contributed by atoms with E-state index in [-0.39, 0.29) is 11.0 Å². The first-order valence-corrected chi connectivity index (χ1v) is 11.6. The summed E-state index contributed by atoms with van der Waals surface area (Å²) >= 11 is 3.19. The zero-order chi connectivity index (χ0) is 21.3. The third kappa shape index (κ3) is 4.48. The maximum atomic E-state index is 14.7. The van der Waals surface area contributed by atoms with Crippen LogP contribution in [0.4, 0.5) is 4.39 Å². The van der Waals surface area contributed by atoms with Crippen LogP contribution in [0.3, 0.4) is 0 Å². The Balaban J connectivity index is 2.28. The maximum absolute atomic E-state index is 14.7. The second-order valence-corrected chi connectivity index (χ2v) is 9.64. The Morgan fingerprint density at radius 2 is 1.97 bits per heavy atom. The predicted octanol–water partition coefficient (Wildman–Crippen LogP) is 3.27. The molecule has 3 aromatic rings. The van der Waals surface area contributed by atoms with Crippen molar-refractivity contribution in [3.8, 4) is 11.5 Å². The number of nitrogens with zero attached hydrogens (tertiary/aromatic N) is 1. The summed E-state index contributed by atoms with van der Waals surface area (Å²) in [5.74, 6) is -0.172. The Bertz CT molecular complexity index is 1220. The van der Waals surface area contributed by atoms with Gasteiger partial charge in [0.2, 0.25) is 0 Å². The standard InChI is InChI=1S/C19H20BrFN2O5S/c1-4-28-17-7-11(5-6-16(17)27-2)15(10-29(3,25)26)23-18-13(21)8-12(20)9-14(18)22-19(23)24/h5-9,15H,4,10H2,1-3H3,(H,22,24)/t15-/m1/s1. The lowest BCUT2D eigenvalue weighted by Crippen LogP contribution is -2.28. The topological polar surface area (TPSA) is 90.4 Å². The number of ether oxygens (including phenoxy) is 2. The van der Waals surface area contributed by atoms with Gasteiger partial charge in [-0.15, -0.1) is 0 Å². The Morgan fingerprint density at radius 3 is 2.59 bits per heavy atom. The molecular weight excluding hydrogens is 467 g/mol. The van der Waals surface area contributed by atoms with Crippen LogP contribution in [0.5, 0.6) is 11.5 Å². The van der Waals surface area contributed by atoms with Gasteiger partial charge in [0, 0.05) is 10.7 Å². The molecule has 3 rings (SSSR count). The summed E-state index contributed by atoms with van der Waals surface area (Å²) in [6, 6.07) is 6.70. The number of hydrogen-bond donors (Lipinski definition) is 1. The number of aromatic amines is 1. The molecule has 0 unspecified atom stereocenters. The van der Waals surface area contributed by atoms with E-state index in [0.717, 1.165) is 10.8 Å². The van der Waals surface area contributed by atoms with E-state index in [1.54, 1.807) is 31.2 Å². The van der Waals surface area contributed by atoms with Gasteiger partial charge < -0.3 is 14.5 Å². The highest BCUT2D eigenvalue weighted by Crippen LogP contribution is 2.33. The zero-order valence-electron chi connectivity index (χ0n) is 16.0. The average Bonchev–Trinajstić information content (AvgIpc) is 2.95. The molecule has 0 fully saturated rings. The monoisotopic (exact) mass is 486 g/mol. The number of nitrogens with one attached hydrogen (secondary N) is 1. The molecule has 2 aromatic carbocycles. The highest BCUT2D eigenvalue weighted by Gasteiger charge is 2.26. The van der Waals surface area contributed by atoms with Gasteiger partial charge in [0.05, 0.1) is 31.0 Å². The van der Waals surface area contributed by atoms with Crippen LogP contribution in [0.15, 0.2) is 39.6 Å². The molecule has 156 valence electrons. The van der Waals surface area contributed by atoms with Crippen molar-refractivity contribution in [1.82, 2.24) is 9.55 Å². The first-order valence-electron chi connectivity index (χ1n) is 8.72. The van der Waals surface area contributed by atoms with Gasteiger partial charge >= 0.3 is 5.69 Å². The molecule has 0 saturated heterocycles. The predicted molar refractivity (Wildman–Crippen MR) is 112 cm³/mol. The summed E-state index contributed by atoms with van der Waals surface area (Å²) in [6.07, 6.45) is 1.07. The van der Waals surface area contributed by atoms with Gasteiger partial charge in [0.25, 0.3) is 0 Å². The van der Waals surface area contributed by atoms with Crippen LogP contribution in [0.1, 0.15) is 18.5 Å². The Kier molecular flexibility index (Phi) is 6.04. The number of aromatic nitrogens is 2. The molecule has 1 aromatic heterocycles. The molecular formula is C19H20BrFN2O5S. The number of rotatable bonds is 7. The van der Waals surface area contributed by atoms with E-state index < -0.39 is 33.1 Å². The molecule has 7 nitrogen and oxygen atoms in total. The van der Waals surface area contributed by atoms with Crippen molar-refractivity contribution >= 4 is 36.8 Å². The summed E-state index contributed by atoms with van der Waals surface area (Å²) in [5.41, 5.74) is 0.129. The van der Waals surface area contributed by atoms with Crippen LogP contribution in [-0.4, -0.2) is 43.7 Å². The van der Waals surface area contributed by atoms with E-state index >= 15 is 0 Å². The van der Waals surface area contributed by atoms with E-state index in [1.165, 1.54) is 13.2 Å². The second-order valence-electron chi connectivity index (χ2n) is 6.54. The number of fused-ring (bicyclic) bond motifs is 1. The lowest BCUT2D eigenvalue weighted by Gasteiger charge is -2.20. The van der Waals surface area contributed by atoms with Crippen LogP contribution in [0, 0.1) is 5.82 Å². The fourth-order valence-electron chi connectivity index (χ4n) is 3.26. The summed E-state index contributed by atoms with van der Waals surface area (Å²) < 4.78 is 51.5. The fraction of sp³-hybridized carbons (Fsp3) is 0.316. The van der Waals surface area contributed by atoms with Crippen molar-refractivity contribution in [2.45, 2.75) is 13.0 Å². The van der Waals surface area contributed by atoms with Crippen LogP contribution in [0.2, 0.25) is 0 Å². The summed E-state index contributed by atoms with van der Waals surface area (Å²) in [6.45, 7) is 2.17. The first-order chi connectivity index (χ1) is 13.6. The molecule has 0 spiro atoms. The average molecular weight is 487 g/mol. The highest BCUT2D eigenvalue weighted by molar-refractivity contribution is 9.10. The number of H-pyrrole nitrogens is 1. The number of imidazole rings is 1. The van der Waals surface area contributed by atoms with E-state index in [4.69, 9.17) is 9.47 Å². The molecule has 0 aliphatic rings. The quantitative estimate of drug-likeness (QED) is 0.553. The molecule has 29 heavy (non-hydrogen) atoms. The lowest BCUT2D eigenvalue weighted by atomic mass is 10.1. The largest absolute Gasteiger partial charge is 0.493 e. The number of methoxy groups -OCH3 is 1. The third-order valence-corrected chi connectivity index (χ3v) is 5.75. The van der Waals surface area contributed by atoms with Crippen LogP contribution < -0.4 is 15.2 Å². The maximum Gasteiger partial charge on any atom is 0.327 e. The van der Waals surface area contributed by atoms with Crippen molar-refractivity contribution < 1.29 is 22.3 Å². The van der Waals surface area contributed by atoms with Crippen molar-refractivity contribution in [3.05, 3.63) is 56.7 Å².